The van der Waals surface area contributed by atoms with E-state index in [9.17, 15) is 4.79 Å². The number of aromatic nitrogens is 1. The second-order valence-electron chi connectivity index (χ2n) is 4.92. The molecule has 96 valence electrons. The summed E-state index contributed by atoms with van der Waals surface area (Å²) in [6.45, 7) is 1.91. The molecular formula is C16H16N2O. The van der Waals surface area contributed by atoms with Crippen molar-refractivity contribution in [3.63, 3.8) is 0 Å². The van der Waals surface area contributed by atoms with Crippen molar-refractivity contribution in [1.82, 2.24) is 4.98 Å². The van der Waals surface area contributed by atoms with E-state index >= 15 is 0 Å². The molecule has 0 fully saturated rings. The Labute approximate surface area is 112 Å². The van der Waals surface area contributed by atoms with Crippen molar-refractivity contribution >= 4 is 22.4 Å². The summed E-state index contributed by atoms with van der Waals surface area (Å²) >= 11 is 0. The SMILES string of the molecule is CC1=C(Nc2ccc3cccnc3c2)CCCC1=O. The van der Waals surface area contributed by atoms with E-state index in [1.807, 2.05) is 37.3 Å². The molecule has 0 bridgehead atoms. The van der Waals surface area contributed by atoms with Gasteiger partial charge in [-0.15, -0.1) is 0 Å². The highest BCUT2D eigenvalue weighted by molar-refractivity contribution is 5.97. The number of ketones is 1. The Kier molecular flexibility index (Phi) is 3.03. The summed E-state index contributed by atoms with van der Waals surface area (Å²) in [6, 6.07) is 10.1. The Morgan fingerprint density at radius 2 is 2.11 bits per heavy atom. The zero-order valence-corrected chi connectivity index (χ0v) is 10.9. The van der Waals surface area contributed by atoms with Gasteiger partial charge in [-0.3, -0.25) is 9.78 Å². The summed E-state index contributed by atoms with van der Waals surface area (Å²) in [5.41, 5.74) is 3.88. The first kappa shape index (κ1) is 11.9. The normalized spacial score (nSPS) is 15.9. The number of allylic oxidation sites excluding steroid dienone is 2. The third-order valence-electron chi connectivity index (χ3n) is 3.60. The number of hydrogen-bond donors (Lipinski definition) is 1. The van der Waals surface area contributed by atoms with Gasteiger partial charge < -0.3 is 5.32 Å². The summed E-state index contributed by atoms with van der Waals surface area (Å²) in [7, 11) is 0. The molecule has 1 aliphatic carbocycles. The van der Waals surface area contributed by atoms with Gasteiger partial charge in [0.05, 0.1) is 5.52 Å². The molecule has 0 saturated carbocycles. The smallest absolute Gasteiger partial charge is 0.160 e. The van der Waals surface area contributed by atoms with Crippen molar-refractivity contribution in [2.75, 3.05) is 5.32 Å². The predicted molar refractivity (Wildman–Crippen MR) is 76.9 cm³/mol. The minimum Gasteiger partial charge on any atom is -0.359 e. The molecule has 0 aliphatic heterocycles. The molecule has 3 rings (SSSR count). The second-order valence-corrected chi connectivity index (χ2v) is 4.92. The molecule has 19 heavy (non-hydrogen) atoms. The van der Waals surface area contributed by atoms with Crippen LogP contribution in [-0.2, 0) is 4.79 Å². The minimum absolute atomic E-state index is 0.257. The molecule has 3 heteroatoms. The fraction of sp³-hybridized carbons (Fsp3) is 0.250. The van der Waals surface area contributed by atoms with Crippen molar-refractivity contribution < 1.29 is 4.79 Å². The Morgan fingerprint density at radius 3 is 3.00 bits per heavy atom. The van der Waals surface area contributed by atoms with Gasteiger partial charge >= 0.3 is 0 Å². The summed E-state index contributed by atoms with van der Waals surface area (Å²) in [5, 5.41) is 4.50. The number of nitrogens with zero attached hydrogens (tertiary/aromatic N) is 1. The molecule has 3 nitrogen and oxygen atoms in total. The number of anilines is 1. The maximum absolute atomic E-state index is 11.7. The number of carbonyl (C=O) groups is 1. The van der Waals surface area contributed by atoms with Crippen LogP contribution in [0.5, 0.6) is 0 Å². The molecular weight excluding hydrogens is 236 g/mol. The molecule has 0 spiro atoms. The van der Waals surface area contributed by atoms with Crippen LogP contribution in [0.25, 0.3) is 10.9 Å². The Morgan fingerprint density at radius 1 is 1.21 bits per heavy atom. The van der Waals surface area contributed by atoms with Crippen molar-refractivity contribution in [3.05, 3.63) is 47.8 Å². The average Bonchev–Trinajstić information content (AvgIpc) is 2.44. The van der Waals surface area contributed by atoms with Crippen LogP contribution >= 0.6 is 0 Å². The zero-order chi connectivity index (χ0) is 13.2. The Bertz CT molecular complexity index is 673. The van der Waals surface area contributed by atoms with E-state index in [1.54, 1.807) is 6.20 Å². The maximum Gasteiger partial charge on any atom is 0.160 e. The van der Waals surface area contributed by atoms with Gasteiger partial charge in [-0.25, -0.2) is 0 Å². The third-order valence-corrected chi connectivity index (χ3v) is 3.60. The van der Waals surface area contributed by atoms with E-state index in [1.165, 1.54) is 0 Å². The van der Waals surface area contributed by atoms with Gasteiger partial charge in [-0.05, 0) is 38.0 Å². The van der Waals surface area contributed by atoms with Crippen molar-refractivity contribution in [1.29, 1.82) is 0 Å². The summed E-state index contributed by atoms with van der Waals surface area (Å²) in [6.07, 6.45) is 4.35. The first-order valence-corrected chi connectivity index (χ1v) is 6.59. The number of rotatable bonds is 2. The molecule has 1 aromatic heterocycles. The lowest BCUT2D eigenvalue weighted by atomic mass is 9.96. The third kappa shape index (κ3) is 2.36. The van der Waals surface area contributed by atoms with Crippen LogP contribution in [0.1, 0.15) is 26.2 Å². The number of benzene rings is 1. The van der Waals surface area contributed by atoms with Crippen LogP contribution in [0.15, 0.2) is 47.8 Å². The molecule has 1 aromatic carbocycles. The lowest BCUT2D eigenvalue weighted by molar-refractivity contribution is -0.116. The summed E-state index contributed by atoms with van der Waals surface area (Å²) in [5.74, 6) is 0.257. The molecule has 1 heterocycles. The molecule has 2 aromatic rings. The number of fused-ring (bicyclic) bond motifs is 1. The molecule has 0 amide bonds. The van der Waals surface area contributed by atoms with Crippen molar-refractivity contribution in [3.8, 4) is 0 Å². The summed E-state index contributed by atoms with van der Waals surface area (Å²) in [4.78, 5) is 16.0. The number of nitrogens with one attached hydrogen (secondary N) is 1. The van der Waals surface area contributed by atoms with E-state index in [0.29, 0.717) is 6.42 Å². The molecule has 0 unspecified atom stereocenters. The van der Waals surface area contributed by atoms with Gasteiger partial charge in [0, 0.05) is 35.0 Å². The zero-order valence-electron chi connectivity index (χ0n) is 10.9. The van der Waals surface area contributed by atoms with Gasteiger partial charge in [-0.2, -0.15) is 0 Å². The molecule has 1 aliphatic rings. The topological polar surface area (TPSA) is 42.0 Å². The lowest BCUT2D eigenvalue weighted by Gasteiger charge is -2.18. The van der Waals surface area contributed by atoms with Gasteiger partial charge in [0.1, 0.15) is 0 Å². The van der Waals surface area contributed by atoms with E-state index in [0.717, 1.165) is 40.7 Å². The number of Topliss-reactive ketones (excluding diaryl/α,β-unsaturated/α-hetero) is 1. The quantitative estimate of drug-likeness (QED) is 0.886. The lowest BCUT2D eigenvalue weighted by Crippen LogP contribution is -2.14. The molecule has 0 radical (unpaired) electrons. The molecule has 0 atom stereocenters. The largest absolute Gasteiger partial charge is 0.359 e. The standard InChI is InChI=1S/C16H16N2O/c1-11-14(5-2-6-16(11)19)18-13-8-7-12-4-3-9-17-15(12)10-13/h3-4,7-10,18H,2,5-6H2,1H3. The van der Waals surface area contributed by atoms with Crippen LogP contribution in [-0.4, -0.2) is 10.8 Å². The summed E-state index contributed by atoms with van der Waals surface area (Å²) < 4.78 is 0. The molecule has 0 saturated heterocycles. The Balaban J connectivity index is 1.93. The number of hydrogen-bond acceptors (Lipinski definition) is 3. The fourth-order valence-electron chi connectivity index (χ4n) is 2.44. The average molecular weight is 252 g/mol. The van der Waals surface area contributed by atoms with Crippen molar-refractivity contribution in [2.45, 2.75) is 26.2 Å². The van der Waals surface area contributed by atoms with E-state index in [-0.39, 0.29) is 5.78 Å². The van der Waals surface area contributed by atoms with Gasteiger partial charge in [0.2, 0.25) is 0 Å². The van der Waals surface area contributed by atoms with E-state index in [2.05, 4.69) is 10.3 Å². The maximum atomic E-state index is 11.7. The van der Waals surface area contributed by atoms with Crippen LogP contribution in [0.3, 0.4) is 0 Å². The van der Waals surface area contributed by atoms with Crippen LogP contribution in [0.4, 0.5) is 5.69 Å². The van der Waals surface area contributed by atoms with E-state index < -0.39 is 0 Å². The highest BCUT2D eigenvalue weighted by atomic mass is 16.1. The van der Waals surface area contributed by atoms with Crippen LogP contribution in [0, 0.1) is 0 Å². The second kappa shape index (κ2) is 4.84. The number of carbonyl (C=O) groups excluding carboxylic acids is 1. The highest BCUT2D eigenvalue weighted by Gasteiger charge is 2.16. The highest BCUT2D eigenvalue weighted by Crippen LogP contribution is 2.25. The van der Waals surface area contributed by atoms with Gasteiger partial charge in [0.15, 0.2) is 5.78 Å². The van der Waals surface area contributed by atoms with E-state index in [4.69, 9.17) is 0 Å². The number of pyridine rings is 1. The first-order chi connectivity index (χ1) is 9.24. The van der Waals surface area contributed by atoms with Gasteiger partial charge in [0.25, 0.3) is 0 Å². The van der Waals surface area contributed by atoms with Crippen LogP contribution in [0.2, 0.25) is 0 Å². The minimum atomic E-state index is 0.257. The monoisotopic (exact) mass is 252 g/mol. The van der Waals surface area contributed by atoms with Gasteiger partial charge in [-0.1, -0.05) is 12.1 Å². The predicted octanol–water partition coefficient (Wildman–Crippen LogP) is 3.67. The fourth-order valence-corrected chi connectivity index (χ4v) is 2.44. The molecule has 1 N–H and O–H groups in total. The van der Waals surface area contributed by atoms with Crippen LogP contribution < -0.4 is 5.32 Å². The van der Waals surface area contributed by atoms with Crippen molar-refractivity contribution in [2.24, 2.45) is 0 Å². The Hall–Kier alpha value is -2.16. The first-order valence-electron chi connectivity index (χ1n) is 6.59.